The lowest BCUT2D eigenvalue weighted by molar-refractivity contribution is 0.187. The molecule has 2 heterocycles. The van der Waals surface area contributed by atoms with Gasteiger partial charge >= 0.3 is 0 Å². The molecule has 4 heteroatoms. The Morgan fingerprint density at radius 1 is 1.44 bits per heavy atom. The van der Waals surface area contributed by atoms with E-state index in [1.165, 1.54) is 0 Å². The van der Waals surface area contributed by atoms with Crippen molar-refractivity contribution in [2.24, 2.45) is 0 Å². The molecule has 16 heavy (non-hydrogen) atoms. The van der Waals surface area contributed by atoms with Crippen LogP contribution in [0.1, 0.15) is 25.0 Å². The van der Waals surface area contributed by atoms with E-state index in [1.807, 2.05) is 6.07 Å². The van der Waals surface area contributed by atoms with Crippen molar-refractivity contribution in [2.45, 2.75) is 25.4 Å². The minimum Gasteiger partial charge on any atom is -0.490 e. The number of hydrogen-bond acceptors (Lipinski definition) is 4. The van der Waals surface area contributed by atoms with E-state index >= 15 is 0 Å². The topological polar surface area (TPSA) is 57.9 Å². The first-order chi connectivity index (χ1) is 7.88. The van der Waals surface area contributed by atoms with Gasteiger partial charge in [0.1, 0.15) is 17.5 Å². The molecule has 1 aliphatic rings. The molecule has 1 fully saturated rings. The summed E-state index contributed by atoms with van der Waals surface area (Å²) in [7, 11) is 0. The number of hydrogen-bond donors (Lipinski definition) is 1. The van der Waals surface area contributed by atoms with Gasteiger partial charge in [0.2, 0.25) is 0 Å². The number of nitrogens with zero attached hydrogens (tertiary/aromatic N) is 2. The average molecular weight is 217 g/mol. The number of aromatic nitrogens is 1. The summed E-state index contributed by atoms with van der Waals surface area (Å²) in [6.45, 7) is 2.07. The van der Waals surface area contributed by atoms with Crippen molar-refractivity contribution >= 4 is 0 Å². The minimum absolute atomic E-state index is 0.254. The van der Waals surface area contributed by atoms with Crippen molar-refractivity contribution in [2.75, 3.05) is 13.1 Å². The summed E-state index contributed by atoms with van der Waals surface area (Å²) >= 11 is 0. The smallest absolute Gasteiger partial charge is 0.144 e. The molecule has 0 aromatic carbocycles. The van der Waals surface area contributed by atoms with E-state index in [4.69, 9.17) is 10.00 Å². The van der Waals surface area contributed by atoms with Crippen LogP contribution >= 0.6 is 0 Å². The lowest BCUT2D eigenvalue weighted by Crippen LogP contribution is -2.19. The zero-order chi connectivity index (χ0) is 11.2. The molecule has 1 N–H and O–H groups in total. The molecule has 0 amide bonds. The zero-order valence-corrected chi connectivity index (χ0v) is 9.15. The van der Waals surface area contributed by atoms with Crippen LogP contribution in [0.4, 0.5) is 0 Å². The maximum absolute atomic E-state index is 8.73. The van der Waals surface area contributed by atoms with Crippen molar-refractivity contribution in [3.05, 3.63) is 24.0 Å². The summed E-state index contributed by atoms with van der Waals surface area (Å²) in [5, 5.41) is 12.1. The number of nitrogens with one attached hydrogen (secondary N) is 1. The van der Waals surface area contributed by atoms with Gasteiger partial charge in [0, 0.05) is 12.3 Å². The molecule has 1 atom stereocenters. The van der Waals surface area contributed by atoms with Crippen LogP contribution in [0.2, 0.25) is 0 Å². The van der Waals surface area contributed by atoms with E-state index in [2.05, 4.69) is 10.3 Å². The third-order valence-electron chi connectivity index (χ3n) is 2.67. The fraction of sp³-hybridized carbons (Fsp3) is 0.500. The highest BCUT2D eigenvalue weighted by atomic mass is 16.5. The van der Waals surface area contributed by atoms with Gasteiger partial charge in [0.15, 0.2) is 0 Å². The van der Waals surface area contributed by atoms with E-state index in [0.29, 0.717) is 5.69 Å². The Morgan fingerprint density at radius 3 is 3.25 bits per heavy atom. The van der Waals surface area contributed by atoms with E-state index in [9.17, 15) is 0 Å². The molecule has 1 saturated heterocycles. The molecule has 4 nitrogen and oxygen atoms in total. The maximum atomic E-state index is 8.73. The second kappa shape index (κ2) is 5.47. The van der Waals surface area contributed by atoms with Gasteiger partial charge in [-0.1, -0.05) is 0 Å². The van der Waals surface area contributed by atoms with Crippen LogP contribution in [-0.2, 0) is 0 Å². The molecule has 1 unspecified atom stereocenters. The molecule has 2 rings (SSSR count). The number of pyridine rings is 1. The van der Waals surface area contributed by atoms with Crippen LogP contribution in [0.3, 0.4) is 0 Å². The highest BCUT2D eigenvalue weighted by Gasteiger charge is 2.13. The average Bonchev–Trinajstić information content (AvgIpc) is 2.58. The fourth-order valence-electron chi connectivity index (χ4n) is 1.84. The Kier molecular flexibility index (Phi) is 3.73. The lowest BCUT2D eigenvalue weighted by atomic mass is 10.1. The van der Waals surface area contributed by atoms with Gasteiger partial charge in [0.05, 0.1) is 6.10 Å². The molecule has 0 radical (unpaired) electrons. The molecule has 0 aliphatic carbocycles. The van der Waals surface area contributed by atoms with Gasteiger partial charge in [0.25, 0.3) is 0 Å². The summed E-state index contributed by atoms with van der Waals surface area (Å²) in [4.78, 5) is 3.92. The first-order valence-electron chi connectivity index (χ1n) is 5.62. The van der Waals surface area contributed by atoms with Gasteiger partial charge in [-0.3, -0.25) is 0 Å². The molecular weight excluding hydrogens is 202 g/mol. The molecule has 84 valence electrons. The second-order valence-electron chi connectivity index (χ2n) is 3.91. The summed E-state index contributed by atoms with van der Waals surface area (Å²) in [5.41, 5.74) is 0.407. The monoisotopic (exact) mass is 217 g/mol. The first kappa shape index (κ1) is 10.9. The molecule has 1 aromatic heterocycles. The van der Waals surface area contributed by atoms with Crippen LogP contribution in [0.5, 0.6) is 5.75 Å². The molecule has 1 aromatic rings. The van der Waals surface area contributed by atoms with Crippen molar-refractivity contribution in [1.82, 2.24) is 10.3 Å². The van der Waals surface area contributed by atoms with Crippen LogP contribution in [0.25, 0.3) is 0 Å². The van der Waals surface area contributed by atoms with Crippen LogP contribution in [0, 0.1) is 11.3 Å². The third kappa shape index (κ3) is 2.94. The van der Waals surface area contributed by atoms with Crippen molar-refractivity contribution in [1.29, 1.82) is 5.26 Å². The van der Waals surface area contributed by atoms with E-state index in [1.54, 1.807) is 18.3 Å². The highest BCUT2D eigenvalue weighted by Crippen LogP contribution is 2.17. The standard InChI is InChI=1S/C12H15N3O/c13-9-10-8-12(4-7-15-10)16-11-2-1-5-14-6-3-11/h4,7-8,11,14H,1-3,5-6H2. The van der Waals surface area contributed by atoms with Gasteiger partial charge in [-0.2, -0.15) is 5.26 Å². The van der Waals surface area contributed by atoms with E-state index < -0.39 is 0 Å². The summed E-state index contributed by atoms with van der Waals surface area (Å²) in [6, 6.07) is 5.51. The Balaban J connectivity index is 1.99. The third-order valence-corrected chi connectivity index (χ3v) is 2.67. The predicted molar refractivity (Wildman–Crippen MR) is 60.1 cm³/mol. The molecule has 0 spiro atoms. The van der Waals surface area contributed by atoms with E-state index in [-0.39, 0.29) is 6.10 Å². The largest absolute Gasteiger partial charge is 0.490 e. The Labute approximate surface area is 95.3 Å². The van der Waals surface area contributed by atoms with Gasteiger partial charge < -0.3 is 10.1 Å². The number of rotatable bonds is 2. The highest BCUT2D eigenvalue weighted by molar-refractivity contribution is 5.29. The number of nitriles is 1. The zero-order valence-electron chi connectivity index (χ0n) is 9.15. The quantitative estimate of drug-likeness (QED) is 0.815. The summed E-state index contributed by atoms with van der Waals surface area (Å²) < 4.78 is 5.85. The Bertz CT molecular complexity index is 378. The van der Waals surface area contributed by atoms with Gasteiger partial charge in [-0.15, -0.1) is 0 Å². The minimum atomic E-state index is 0.254. The first-order valence-corrected chi connectivity index (χ1v) is 5.62. The van der Waals surface area contributed by atoms with Crippen molar-refractivity contribution in [3.63, 3.8) is 0 Å². The second-order valence-corrected chi connectivity index (χ2v) is 3.91. The fourth-order valence-corrected chi connectivity index (χ4v) is 1.84. The predicted octanol–water partition coefficient (Wildman–Crippen LogP) is 1.47. The Morgan fingerprint density at radius 2 is 2.38 bits per heavy atom. The number of ether oxygens (including phenoxy) is 1. The SMILES string of the molecule is N#Cc1cc(OC2CCCNCC2)ccn1. The molecule has 1 aliphatic heterocycles. The summed E-state index contributed by atoms with van der Waals surface area (Å²) in [6.07, 6.45) is 5.09. The van der Waals surface area contributed by atoms with Crippen molar-refractivity contribution < 1.29 is 4.74 Å². The lowest BCUT2D eigenvalue weighted by Gasteiger charge is -2.16. The maximum Gasteiger partial charge on any atom is 0.144 e. The normalized spacial score (nSPS) is 20.8. The van der Waals surface area contributed by atoms with Crippen LogP contribution in [-0.4, -0.2) is 24.2 Å². The molecule has 0 saturated carbocycles. The molecular formula is C12H15N3O. The van der Waals surface area contributed by atoms with Crippen molar-refractivity contribution in [3.8, 4) is 11.8 Å². The van der Waals surface area contributed by atoms with Crippen LogP contribution in [0.15, 0.2) is 18.3 Å². The van der Waals surface area contributed by atoms with Gasteiger partial charge in [-0.25, -0.2) is 4.98 Å². The Hall–Kier alpha value is -1.60. The van der Waals surface area contributed by atoms with Crippen LogP contribution < -0.4 is 10.1 Å². The van der Waals surface area contributed by atoms with Gasteiger partial charge in [-0.05, 0) is 38.4 Å². The summed E-state index contributed by atoms with van der Waals surface area (Å²) in [5.74, 6) is 0.749. The molecule has 0 bridgehead atoms. The van der Waals surface area contributed by atoms with E-state index in [0.717, 1.165) is 38.1 Å².